The van der Waals surface area contributed by atoms with Crippen LogP contribution in [0.4, 0.5) is 0 Å². The van der Waals surface area contributed by atoms with Crippen LogP contribution in [0.5, 0.6) is 0 Å². The van der Waals surface area contributed by atoms with Gasteiger partial charge >= 0.3 is 0 Å². The molecule has 0 saturated carbocycles. The Morgan fingerprint density at radius 1 is 0.880 bits per heavy atom. The van der Waals surface area contributed by atoms with Crippen LogP contribution >= 0.6 is 11.6 Å². The molecule has 0 atom stereocenters. The van der Waals surface area contributed by atoms with E-state index < -0.39 is 0 Å². The summed E-state index contributed by atoms with van der Waals surface area (Å²) < 4.78 is 0. The quantitative estimate of drug-likeness (QED) is 0.799. The molecule has 132 valence electrons. The Labute approximate surface area is 153 Å². The van der Waals surface area contributed by atoms with E-state index in [2.05, 4.69) is 31.4 Å². The van der Waals surface area contributed by atoms with Gasteiger partial charge in [0.2, 0.25) is 0 Å². The lowest BCUT2D eigenvalue weighted by Gasteiger charge is -2.19. The first-order valence-corrected chi connectivity index (χ1v) is 8.58. The summed E-state index contributed by atoms with van der Waals surface area (Å²) in [6, 6.07) is 14.3. The number of rotatable bonds is 5. The molecule has 0 fully saturated rings. The molecule has 2 aromatic carbocycles. The van der Waals surface area contributed by atoms with Crippen molar-refractivity contribution in [2.24, 2.45) is 0 Å². The molecule has 0 aliphatic heterocycles. The smallest absolute Gasteiger partial charge is 0.251 e. The minimum Gasteiger partial charge on any atom is -0.350 e. The van der Waals surface area contributed by atoms with Crippen molar-refractivity contribution in [2.75, 3.05) is 13.1 Å². The van der Waals surface area contributed by atoms with E-state index in [1.807, 2.05) is 24.3 Å². The van der Waals surface area contributed by atoms with Gasteiger partial charge in [0, 0.05) is 29.2 Å². The maximum Gasteiger partial charge on any atom is 0.251 e. The van der Waals surface area contributed by atoms with E-state index in [0.29, 0.717) is 29.2 Å². The first kappa shape index (κ1) is 19.0. The predicted molar refractivity (Wildman–Crippen MR) is 101 cm³/mol. The SMILES string of the molecule is CC(C)(C)c1ccc(C(=O)NCCNC(=O)c2cccc(Cl)c2)cc1. The molecule has 0 bridgehead atoms. The van der Waals surface area contributed by atoms with Crippen molar-refractivity contribution in [2.45, 2.75) is 26.2 Å². The minimum absolute atomic E-state index is 0.0552. The van der Waals surface area contributed by atoms with Crippen LogP contribution in [0.25, 0.3) is 0 Å². The van der Waals surface area contributed by atoms with Crippen molar-refractivity contribution in [1.29, 1.82) is 0 Å². The summed E-state index contributed by atoms with van der Waals surface area (Å²) in [5, 5.41) is 6.06. The van der Waals surface area contributed by atoms with E-state index in [-0.39, 0.29) is 17.2 Å². The number of carbonyl (C=O) groups excluding carboxylic acids is 2. The number of nitrogens with one attached hydrogen (secondary N) is 2. The summed E-state index contributed by atoms with van der Waals surface area (Å²) in [5.41, 5.74) is 2.34. The van der Waals surface area contributed by atoms with Gasteiger partial charge in [0.25, 0.3) is 11.8 Å². The van der Waals surface area contributed by atoms with Crippen molar-refractivity contribution in [3.8, 4) is 0 Å². The van der Waals surface area contributed by atoms with Crippen molar-refractivity contribution >= 4 is 23.4 Å². The Kier molecular flexibility index (Phi) is 6.21. The number of carbonyl (C=O) groups is 2. The fraction of sp³-hybridized carbons (Fsp3) is 0.300. The van der Waals surface area contributed by atoms with E-state index >= 15 is 0 Å². The third-order valence-corrected chi connectivity index (χ3v) is 4.03. The molecule has 5 heteroatoms. The molecule has 2 aromatic rings. The van der Waals surface area contributed by atoms with Gasteiger partial charge in [-0.15, -0.1) is 0 Å². The summed E-state index contributed by atoms with van der Waals surface area (Å²) in [5.74, 6) is -0.372. The van der Waals surface area contributed by atoms with Crippen LogP contribution in [0.15, 0.2) is 48.5 Å². The topological polar surface area (TPSA) is 58.2 Å². The zero-order valence-corrected chi connectivity index (χ0v) is 15.5. The Balaban J connectivity index is 1.79. The average molecular weight is 359 g/mol. The summed E-state index contributed by atoms with van der Waals surface area (Å²) >= 11 is 5.86. The van der Waals surface area contributed by atoms with Gasteiger partial charge in [-0.2, -0.15) is 0 Å². The van der Waals surface area contributed by atoms with Crippen LogP contribution in [0.2, 0.25) is 5.02 Å². The molecule has 0 aliphatic carbocycles. The van der Waals surface area contributed by atoms with Crippen molar-refractivity contribution < 1.29 is 9.59 Å². The van der Waals surface area contributed by atoms with E-state index in [0.717, 1.165) is 0 Å². The first-order chi connectivity index (χ1) is 11.8. The lowest BCUT2D eigenvalue weighted by molar-refractivity contribution is 0.0927. The molecule has 0 saturated heterocycles. The fourth-order valence-corrected chi connectivity index (χ4v) is 2.50. The largest absolute Gasteiger partial charge is 0.350 e. The highest BCUT2D eigenvalue weighted by atomic mass is 35.5. The molecule has 25 heavy (non-hydrogen) atoms. The molecule has 4 nitrogen and oxygen atoms in total. The lowest BCUT2D eigenvalue weighted by atomic mass is 9.87. The van der Waals surface area contributed by atoms with Crippen molar-refractivity contribution in [3.05, 3.63) is 70.2 Å². The standard InChI is InChI=1S/C20H23ClN2O2/c1-20(2,3)16-9-7-14(8-10-16)18(24)22-11-12-23-19(25)15-5-4-6-17(21)13-15/h4-10,13H,11-12H2,1-3H3,(H,22,24)(H,23,25). The van der Waals surface area contributed by atoms with Gasteiger partial charge in [-0.25, -0.2) is 0 Å². The van der Waals surface area contributed by atoms with Crippen LogP contribution < -0.4 is 10.6 Å². The molecule has 0 radical (unpaired) electrons. The number of amides is 2. The van der Waals surface area contributed by atoms with E-state index in [1.165, 1.54) is 5.56 Å². The van der Waals surface area contributed by atoms with E-state index in [9.17, 15) is 9.59 Å². The highest BCUT2D eigenvalue weighted by Crippen LogP contribution is 2.22. The molecule has 0 aliphatic rings. The average Bonchev–Trinajstić information content (AvgIpc) is 2.57. The minimum atomic E-state index is -0.216. The number of hydrogen-bond acceptors (Lipinski definition) is 2. The molecule has 0 spiro atoms. The summed E-state index contributed by atoms with van der Waals surface area (Å²) in [6.07, 6.45) is 0. The zero-order valence-electron chi connectivity index (χ0n) is 14.7. The lowest BCUT2D eigenvalue weighted by Crippen LogP contribution is -2.34. The second-order valence-electron chi connectivity index (χ2n) is 6.85. The first-order valence-electron chi connectivity index (χ1n) is 8.20. The zero-order chi connectivity index (χ0) is 18.4. The Hall–Kier alpha value is -2.33. The predicted octanol–water partition coefficient (Wildman–Crippen LogP) is 3.80. The molecule has 2 N–H and O–H groups in total. The summed E-state index contributed by atoms with van der Waals surface area (Å²) in [7, 11) is 0. The molecule has 0 unspecified atom stereocenters. The molecular weight excluding hydrogens is 336 g/mol. The Morgan fingerprint density at radius 3 is 1.96 bits per heavy atom. The molecule has 0 heterocycles. The molecule has 0 aromatic heterocycles. The van der Waals surface area contributed by atoms with Gasteiger partial charge in [-0.1, -0.05) is 50.6 Å². The van der Waals surface area contributed by atoms with Gasteiger partial charge in [0.15, 0.2) is 0 Å². The van der Waals surface area contributed by atoms with Gasteiger partial charge in [-0.05, 0) is 41.3 Å². The van der Waals surface area contributed by atoms with Crippen LogP contribution in [-0.2, 0) is 5.41 Å². The molecular formula is C20H23ClN2O2. The van der Waals surface area contributed by atoms with Crippen LogP contribution in [0.1, 0.15) is 47.1 Å². The van der Waals surface area contributed by atoms with Gasteiger partial charge in [0.1, 0.15) is 0 Å². The maximum absolute atomic E-state index is 12.1. The van der Waals surface area contributed by atoms with Crippen LogP contribution in [0.3, 0.4) is 0 Å². The summed E-state index contributed by atoms with van der Waals surface area (Å²) in [4.78, 5) is 24.1. The second kappa shape index (κ2) is 8.17. The van der Waals surface area contributed by atoms with Gasteiger partial charge in [0.05, 0.1) is 0 Å². The maximum atomic E-state index is 12.1. The van der Waals surface area contributed by atoms with Crippen LogP contribution in [0, 0.1) is 0 Å². The van der Waals surface area contributed by atoms with Gasteiger partial charge in [-0.3, -0.25) is 9.59 Å². The van der Waals surface area contributed by atoms with Gasteiger partial charge < -0.3 is 10.6 Å². The fourth-order valence-electron chi connectivity index (χ4n) is 2.31. The molecule has 2 amide bonds. The summed E-state index contributed by atoms with van der Waals surface area (Å²) in [6.45, 7) is 7.09. The highest BCUT2D eigenvalue weighted by Gasteiger charge is 2.14. The van der Waals surface area contributed by atoms with E-state index in [4.69, 9.17) is 11.6 Å². The second-order valence-corrected chi connectivity index (χ2v) is 7.29. The third kappa shape index (κ3) is 5.61. The number of hydrogen-bond donors (Lipinski definition) is 2. The normalized spacial score (nSPS) is 11.0. The monoisotopic (exact) mass is 358 g/mol. The highest BCUT2D eigenvalue weighted by molar-refractivity contribution is 6.30. The molecule has 2 rings (SSSR count). The third-order valence-electron chi connectivity index (χ3n) is 3.80. The Bertz CT molecular complexity index is 749. The van der Waals surface area contributed by atoms with Crippen molar-refractivity contribution in [1.82, 2.24) is 10.6 Å². The number of halogens is 1. The van der Waals surface area contributed by atoms with E-state index in [1.54, 1.807) is 24.3 Å². The van der Waals surface area contributed by atoms with Crippen molar-refractivity contribution in [3.63, 3.8) is 0 Å². The Morgan fingerprint density at radius 2 is 1.44 bits per heavy atom. The number of benzene rings is 2. The van der Waals surface area contributed by atoms with Crippen LogP contribution in [-0.4, -0.2) is 24.9 Å².